The van der Waals surface area contributed by atoms with Crippen LogP contribution in [0, 0.1) is 39.9 Å². The highest BCUT2D eigenvalue weighted by Crippen LogP contribution is 2.74. The van der Waals surface area contributed by atoms with E-state index < -0.39 is 24.1 Å². The van der Waals surface area contributed by atoms with E-state index in [4.69, 9.17) is 18.7 Å². The van der Waals surface area contributed by atoms with E-state index >= 15 is 0 Å². The van der Waals surface area contributed by atoms with Crippen LogP contribution in [0.4, 0.5) is 0 Å². The molecule has 9 nitrogen and oxygen atoms in total. The number of aliphatic hydroxyl groups excluding tert-OH is 2. The van der Waals surface area contributed by atoms with Crippen molar-refractivity contribution in [2.75, 3.05) is 7.11 Å². The zero-order valence-corrected chi connectivity index (χ0v) is 31.7. The smallest absolute Gasteiger partial charge is 0.334 e. The van der Waals surface area contributed by atoms with Gasteiger partial charge in [-0.25, -0.2) is 4.79 Å². The van der Waals surface area contributed by atoms with Crippen molar-refractivity contribution >= 4 is 11.9 Å². The van der Waals surface area contributed by atoms with Gasteiger partial charge >= 0.3 is 11.9 Å². The van der Waals surface area contributed by atoms with Crippen molar-refractivity contribution in [3.8, 4) is 17.0 Å². The highest BCUT2D eigenvalue weighted by molar-refractivity contribution is 5.90. The first kappa shape index (κ1) is 37.3. The molecule has 278 valence electrons. The molecule has 6 rings (SSSR count). The Morgan fingerprint density at radius 2 is 1.75 bits per heavy atom. The average Bonchev–Trinajstić information content (AvgIpc) is 3.66. The standard InChI is InChI=1S/C42H57NO8/c1-24(2)10-9-11-30(39(47)49-23-29-20-33(43-51-29)27-12-14-28(48-8)15-13-27)37-32-21-35(46)38-40(5)18-17-34(45)25(3)31(40)16-19-41(38,6)42(32,7)22-36(37)50-26(4)44/h10,12-15,20,25,31-32,34-36,38,45-46H,9,11,16-19,21-23H2,1-8H3/b37-30-/t25-,31-,32-,34+,35+,36-,38-,40-,41-,42-/m0/s1. The summed E-state index contributed by atoms with van der Waals surface area (Å²) in [5.74, 6) is 0.630. The molecule has 0 bridgehead atoms. The van der Waals surface area contributed by atoms with Gasteiger partial charge in [0.25, 0.3) is 0 Å². The number of hydrogen-bond donors (Lipinski definition) is 2. The molecule has 0 amide bonds. The van der Waals surface area contributed by atoms with Gasteiger partial charge in [-0.1, -0.05) is 44.5 Å². The van der Waals surface area contributed by atoms with Crippen molar-refractivity contribution in [1.82, 2.24) is 5.16 Å². The van der Waals surface area contributed by atoms with Gasteiger partial charge in [0.15, 0.2) is 12.4 Å². The molecule has 1 aromatic carbocycles. The quantitative estimate of drug-likeness (QED) is 0.152. The van der Waals surface area contributed by atoms with Crippen molar-refractivity contribution in [2.24, 2.45) is 39.9 Å². The highest BCUT2D eigenvalue weighted by Gasteiger charge is 2.70. The molecule has 0 spiro atoms. The zero-order valence-electron chi connectivity index (χ0n) is 31.7. The maximum absolute atomic E-state index is 14.3. The number of fused-ring (bicyclic) bond motifs is 5. The second-order valence-electron chi connectivity index (χ2n) is 16.8. The summed E-state index contributed by atoms with van der Waals surface area (Å²) in [6.07, 6.45) is 6.18. The fraction of sp³-hybridized carbons (Fsp3) is 0.643. The van der Waals surface area contributed by atoms with Gasteiger partial charge in [0.1, 0.15) is 17.5 Å². The molecule has 4 aliphatic carbocycles. The Bertz CT molecular complexity index is 1670. The SMILES string of the molecule is COc1ccc(-c2cc(COC(=O)/C(CCC=C(C)C)=C3\[C@@H](OC(C)=O)C[C@@]4(C)[C@H]3C[C@@H](O)[C@H]3[C@@]5(C)CC[C@@H](O)[C@@H](C)[C@@H]5CC[C@@]34C)on2)cc1. The van der Waals surface area contributed by atoms with Gasteiger partial charge in [0.2, 0.25) is 0 Å². The fourth-order valence-electron chi connectivity index (χ4n) is 11.3. The van der Waals surface area contributed by atoms with E-state index in [9.17, 15) is 19.8 Å². The Kier molecular flexibility index (Phi) is 10.4. The van der Waals surface area contributed by atoms with E-state index in [-0.39, 0.29) is 46.7 Å². The van der Waals surface area contributed by atoms with E-state index in [0.29, 0.717) is 48.6 Å². The minimum Gasteiger partial charge on any atom is -0.497 e. The van der Waals surface area contributed by atoms with E-state index in [0.717, 1.165) is 48.1 Å². The first-order valence-electron chi connectivity index (χ1n) is 18.8. The lowest BCUT2D eigenvalue weighted by atomic mass is 9.36. The van der Waals surface area contributed by atoms with Gasteiger partial charge in [-0.05, 0) is 135 Å². The number of benzene rings is 1. The summed E-state index contributed by atoms with van der Waals surface area (Å²) in [5, 5.41) is 27.3. The van der Waals surface area contributed by atoms with Crippen LogP contribution in [0.3, 0.4) is 0 Å². The molecule has 10 atom stereocenters. The lowest BCUT2D eigenvalue weighted by Crippen LogP contribution is -2.65. The summed E-state index contributed by atoms with van der Waals surface area (Å²) in [6, 6.07) is 9.24. The lowest BCUT2D eigenvalue weighted by Gasteiger charge is -2.69. The zero-order chi connectivity index (χ0) is 36.9. The molecule has 1 aromatic heterocycles. The summed E-state index contributed by atoms with van der Waals surface area (Å²) < 4.78 is 22.9. The normalized spacial score (nSPS) is 36.6. The third kappa shape index (κ3) is 6.58. The molecular formula is C42H57NO8. The number of hydrogen-bond acceptors (Lipinski definition) is 9. The molecule has 4 fully saturated rings. The van der Waals surface area contributed by atoms with Crippen molar-refractivity contribution in [3.63, 3.8) is 0 Å². The largest absolute Gasteiger partial charge is 0.497 e. The number of methoxy groups -OCH3 is 1. The molecule has 2 aromatic rings. The van der Waals surface area contributed by atoms with Crippen molar-refractivity contribution in [1.29, 1.82) is 0 Å². The Morgan fingerprint density at radius 1 is 1.02 bits per heavy atom. The summed E-state index contributed by atoms with van der Waals surface area (Å²) in [6.45, 7) is 14.5. The van der Waals surface area contributed by atoms with Crippen LogP contribution in [0.25, 0.3) is 11.3 Å². The van der Waals surface area contributed by atoms with Crippen LogP contribution < -0.4 is 4.74 Å². The summed E-state index contributed by atoms with van der Waals surface area (Å²) in [5.41, 5.74) is 3.18. The average molecular weight is 704 g/mol. The third-order valence-corrected chi connectivity index (χ3v) is 13.8. The second kappa shape index (κ2) is 14.2. The first-order chi connectivity index (χ1) is 24.1. The van der Waals surface area contributed by atoms with Gasteiger partial charge in [-0.2, -0.15) is 0 Å². The Balaban J connectivity index is 1.35. The number of nitrogens with zero attached hydrogens (tertiary/aromatic N) is 1. The number of aromatic nitrogens is 1. The summed E-state index contributed by atoms with van der Waals surface area (Å²) in [4.78, 5) is 27.0. The number of esters is 2. The molecule has 0 aliphatic heterocycles. The minimum atomic E-state index is -0.602. The molecular weight excluding hydrogens is 646 g/mol. The number of carbonyl (C=O) groups excluding carboxylic acids is 2. The Hall–Kier alpha value is -3.43. The molecule has 4 aliphatic rings. The van der Waals surface area contributed by atoms with Gasteiger partial charge in [0.05, 0.1) is 19.3 Å². The number of allylic oxidation sites excluding steroid dienone is 2. The maximum Gasteiger partial charge on any atom is 0.334 e. The van der Waals surface area contributed by atoms with E-state index in [1.165, 1.54) is 6.92 Å². The molecule has 1 heterocycles. The van der Waals surface area contributed by atoms with E-state index in [1.807, 2.05) is 38.1 Å². The van der Waals surface area contributed by atoms with Crippen LogP contribution >= 0.6 is 0 Å². The maximum atomic E-state index is 14.3. The predicted octanol–water partition coefficient (Wildman–Crippen LogP) is 7.99. The van der Waals surface area contributed by atoms with Crippen molar-refractivity contribution < 1.29 is 38.5 Å². The number of aliphatic hydroxyl groups is 2. The number of ether oxygens (including phenoxy) is 3. The van der Waals surface area contributed by atoms with E-state index in [1.54, 1.807) is 13.2 Å². The van der Waals surface area contributed by atoms with Gasteiger partial charge in [0, 0.05) is 24.1 Å². The number of carbonyl (C=O) groups is 2. The van der Waals surface area contributed by atoms with Crippen LogP contribution in [0.1, 0.15) is 106 Å². The van der Waals surface area contributed by atoms with Gasteiger partial charge in [-0.3, -0.25) is 4.79 Å². The lowest BCUT2D eigenvalue weighted by molar-refractivity contribution is -0.234. The van der Waals surface area contributed by atoms with Crippen LogP contribution in [0.2, 0.25) is 0 Å². The topological polar surface area (TPSA) is 128 Å². The Morgan fingerprint density at radius 3 is 2.41 bits per heavy atom. The fourth-order valence-corrected chi connectivity index (χ4v) is 11.3. The molecule has 0 radical (unpaired) electrons. The van der Waals surface area contributed by atoms with Gasteiger partial charge in [-0.15, -0.1) is 0 Å². The third-order valence-electron chi connectivity index (χ3n) is 13.8. The summed E-state index contributed by atoms with van der Waals surface area (Å²) in [7, 11) is 1.61. The first-order valence-corrected chi connectivity index (χ1v) is 18.8. The van der Waals surface area contributed by atoms with Crippen LogP contribution in [0.5, 0.6) is 5.75 Å². The molecule has 0 saturated heterocycles. The minimum absolute atomic E-state index is 0.0182. The molecule has 0 unspecified atom stereocenters. The predicted molar refractivity (Wildman–Crippen MR) is 193 cm³/mol. The molecule has 2 N–H and O–H groups in total. The molecule has 51 heavy (non-hydrogen) atoms. The Labute approximate surface area is 302 Å². The van der Waals surface area contributed by atoms with Gasteiger partial charge < -0.3 is 28.9 Å². The van der Waals surface area contributed by atoms with Crippen LogP contribution in [-0.2, 0) is 25.7 Å². The monoisotopic (exact) mass is 703 g/mol. The number of rotatable bonds is 9. The van der Waals surface area contributed by atoms with E-state index in [2.05, 4.69) is 38.9 Å². The van der Waals surface area contributed by atoms with Crippen LogP contribution in [0.15, 0.2) is 57.7 Å². The van der Waals surface area contributed by atoms with Crippen molar-refractivity contribution in [2.45, 2.75) is 125 Å². The molecule has 9 heteroatoms. The van der Waals surface area contributed by atoms with Crippen molar-refractivity contribution in [3.05, 3.63) is 58.9 Å². The second-order valence-corrected chi connectivity index (χ2v) is 16.8. The molecule has 4 saturated carbocycles. The highest BCUT2D eigenvalue weighted by atomic mass is 16.6. The van der Waals surface area contributed by atoms with Crippen LogP contribution in [-0.4, -0.2) is 52.7 Å². The summed E-state index contributed by atoms with van der Waals surface area (Å²) >= 11 is 0.